The Kier molecular flexibility index (Phi) is 5.93. The lowest BCUT2D eigenvalue weighted by atomic mass is 10.0. The zero-order valence-corrected chi connectivity index (χ0v) is 16.7. The van der Waals surface area contributed by atoms with Crippen molar-refractivity contribution in [3.8, 4) is 0 Å². The maximum absolute atomic E-state index is 13.1. The molecule has 8 nitrogen and oxygen atoms in total. The van der Waals surface area contributed by atoms with Crippen molar-refractivity contribution >= 4 is 12.0 Å². The molecule has 1 aromatic rings. The van der Waals surface area contributed by atoms with Crippen LogP contribution in [-0.4, -0.2) is 59.8 Å². The minimum absolute atomic E-state index is 0.163. The van der Waals surface area contributed by atoms with Crippen LogP contribution in [0.2, 0.25) is 0 Å². The van der Waals surface area contributed by atoms with E-state index in [1.165, 1.54) is 4.90 Å². The molecule has 1 aliphatic rings. The molecule has 2 amide bonds. The maximum Gasteiger partial charge on any atom is 0.408 e. The summed E-state index contributed by atoms with van der Waals surface area (Å²) in [6, 6.07) is -0.697. The van der Waals surface area contributed by atoms with Gasteiger partial charge in [0.25, 0.3) is 0 Å². The third kappa shape index (κ3) is 4.16. The van der Waals surface area contributed by atoms with Gasteiger partial charge < -0.3 is 14.6 Å². The second kappa shape index (κ2) is 7.63. The summed E-state index contributed by atoms with van der Waals surface area (Å²) in [5.41, 5.74) is -0.650. The van der Waals surface area contributed by atoms with E-state index in [0.29, 0.717) is 32.0 Å². The van der Waals surface area contributed by atoms with E-state index >= 15 is 0 Å². The standard InChI is InChI=1S/C18H31N5O3/c1-7-13(23(17(25)26)18(4,5)6)16(24)21-8-9-22-14(10-12(2)3)19-20-15(22)11-21/h12-13H,7-11H2,1-6H3,(H,25,26). The van der Waals surface area contributed by atoms with Crippen LogP contribution in [0.5, 0.6) is 0 Å². The van der Waals surface area contributed by atoms with Gasteiger partial charge in [-0.25, -0.2) is 4.79 Å². The Morgan fingerprint density at radius 2 is 1.88 bits per heavy atom. The molecule has 0 spiro atoms. The van der Waals surface area contributed by atoms with Gasteiger partial charge in [0.2, 0.25) is 5.91 Å². The molecule has 0 radical (unpaired) electrons. The fourth-order valence-electron chi connectivity index (χ4n) is 3.49. The van der Waals surface area contributed by atoms with E-state index in [-0.39, 0.29) is 5.91 Å². The first kappa shape index (κ1) is 20.2. The summed E-state index contributed by atoms with van der Waals surface area (Å²) in [5, 5.41) is 18.1. The minimum atomic E-state index is -1.07. The van der Waals surface area contributed by atoms with Gasteiger partial charge in [0.05, 0.1) is 6.54 Å². The van der Waals surface area contributed by atoms with Crippen LogP contribution in [0.1, 0.15) is 59.6 Å². The highest BCUT2D eigenvalue weighted by Crippen LogP contribution is 2.23. The number of carboxylic acid groups (broad SMARTS) is 1. The predicted octanol–water partition coefficient (Wildman–Crippen LogP) is 2.38. The van der Waals surface area contributed by atoms with Crippen LogP contribution in [0, 0.1) is 5.92 Å². The first-order valence-corrected chi connectivity index (χ1v) is 9.28. The second-order valence-electron chi connectivity index (χ2n) is 8.29. The average Bonchev–Trinajstić information content (AvgIpc) is 2.91. The van der Waals surface area contributed by atoms with Crippen molar-refractivity contribution in [2.75, 3.05) is 6.54 Å². The predicted molar refractivity (Wildman–Crippen MR) is 97.7 cm³/mol. The van der Waals surface area contributed by atoms with E-state index in [0.717, 1.165) is 18.1 Å². The molecule has 0 saturated carbocycles. The van der Waals surface area contributed by atoms with Crippen LogP contribution in [0.25, 0.3) is 0 Å². The van der Waals surface area contributed by atoms with Crippen molar-refractivity contribution in [2.24, 2.45) is 5.92 Å². The molecule has 26 heavy (non-hydrogen) atoms. The topological polar surface area (TPSA) is 91.6 Å². The molecular weight excluding hydrogens is 334 g/mol. The number of nitrogens with zero attached hydrogens (tertiary/aromatic N) is 5. The van der Waals surface area contributed by atoms with E-state index in [1.807, 2.05) is 27.7 Å². The third-order valence-electron chi connectivity index (χ3n) is 4.64. The molecule has 1 aromatic heterocycles. The summed E-state index contributed by atoms with van der Waals surface area (Å²) >= 11 is 0. The van der Waals surface area contributed by atoms with E-state index in [2.05, 4.69) is 28.6 Å². The molecular formula is C18H31N5O3. The molecule has 0 saturated heterocycles. The molecule has 0 aliphatic carbocycles. The minimum Gasteiger partial charge on any atom is -0.465 e. The highest BCUT2D eigenvalue weighted by Gasteiger charge is 2.39. The highest BCUT2D eigenvalue weighted by molar-refractivity contribution is 5.85. The molecule has 1 N–H and O–H groups in total. The van der Waals surface area contributed by atoms with Gasteiger partial charge in [0, 0.05) is 25.0 Å². The molecule has 0 fully saturated rings. The normalized spacial score (nSPS) is 15.7. The number of aromatic nitrogens is 3. The molecule has 146 valence electrons. The van der Waals surface area contributed by atoms with Crippen LogP contribution in [0.3, 0.4) is 0 Å². The van der Waals surface area contributed by atoms with Crippen molar-refractivity contribution in [3.05, 3.63) is 11.6 Å². The van der Waals surface area contributed by atoms with Crippen molar-refractivity contribution in [2.45, 2.75) is 79.1 Å². The summed E-state index contributed by atoms with van der Waals surface area (Å²) < 4.78 is 2.09. The van der Waals surface area contributed by atoms with Gasteiger partial charge in [-0.1, -0.05) is 20.8 Å². The van der Waals surface area contributed by atoms with Gasteiger partial charge in [-0.3, -0.25) is 9.69 Å². The molecule has 8 heteroatoms. The zero-order chi connectivity index (χ0) is 19.6. The number of hydrogen-bond donors (Lipinski definition) is 1. The fraction of sp³-hybridized carbons (Fsp3) is 0.778. The van der Waals surface area contributed by atoms with Gasteiger partial charge in [-0.05, 0) is 33.1 Å². The Morgan fingerprint density at radius 3 is 2.38 bits per heavy atom. The Bertz CT molecular complexity index is 662. The molecule has 2 heterocycles. The maximum atomic E-state index is 13.1. The third-order valence-corrected chi connectivity index (χ3v) is 4.64. The summed E-state index contributed by atoms with van der Waals surface area (Å²) in [4.78, 5) is 27.8. The highest BCUT2D eigenvalue weighted by atomic mass is 16.4. The van der Waals surface area contributed by atoms with Gasteiger partial charge in [-0.2, -0.15) is 0 Å². The molecule has 0 aromatic carbocycles. The van der Waals surface area contributed by atoms with Crippen LogP contribution < -0.4 is 0 Å². The molecule has 0 bridgehead atoms. The summed E-state index contributed by atoms with van der Waals surface area (Å²) in [5.74, 6) is 2.05. The lowest BCUT2D eigenvalue weighted by Gasteiger charge is -2.41. The number of fused-ring (bicyclic) bond motifs is 1. The number of rotatable bonds is 5. The van der Waals surface area contributed by atoms with Crippen molar-refractivity contribution in [1.82, 2.24) is 24.6 Å². The van der Waals surface area contributed by atoms with E-state index < -0.39 is 17.7 Å². The number of carbonyl (C=O) groups is 2. The Labute approximate surface area is 155 Å². The van der Waals surface area contributed by atoms with E-state index in [9.17, 15) is 14.7 Å². The smallest absolute Gasteiger partial charge is 0.408 e. The Balaban J connectivity index is 2.19. The lowest BCUT2D eigenvalue weighted by Crippen LogP contribution is -2.58. The first-order valence-electron chi connectivity index (χ1n) is 9.28. The van der Waals surface area contributed by atoms with Crippen LogP contribution in [0.15, 0.2) is 0 Å². The Morgan fingerprint density at radius 1 is 1.23 bits per heavy atom. The van der Waals surface area contributed by atoms with Crippen molar-refractivity contribution in [3.63, 3.8) is 0 Å². The molecule has 1 unspecified atom stereocenters. The second-order valence-corrected chi connectivity index (χ2v) is 8.29. The number of carbonyl (C=O) groups excluding carboxylic acids is 1. The van der Waals surface area contributed by atoms with E-state index in [4.69, 9.17) is 0 Å². The van der Waals surface area contributed by atoms with Gasteiger partial charge in [-0.15, -0.1) is 10.2 Å². The van der Waals surface area contributed by atoms with Gasteiger partial charge in [0.1, 0.15) is 11.9 Å². The average molecular weight is 365 g/mol. The monoisotopic (exact) mass is 365 g/mol. The van der Waals surface area contributed by atoms with Crippen LogP contribution in [-0.2, 0) is 24.3 Å². The van der Waals surface area contributed by atoms with Crippen LogP contribution in [0.4, 0.5) is 4.79 Å². The fourth-order valence-corrected chi connectivity index (χ4v) is 3.49. The number of hydrogen-bond acceptors (Lipinski definition) is 4. The summed E-state index contributed by atoms with van der Waals surface area (Å²) in [6.07, 6.45) is 0.219. The molecule has 1 aliphatic heterocycles. The van der Waals surface area contributed by atoms with Gasteiger partial charge >= 0.3 is 6.09 Å². The SMILES string of the molecule is CCC(C(=O)N1CCn2c(CC(C)C)nnc2C1)N(C(=O)O)C(C)(C)C. The summed E-state index contributed by atoms with van der Waals surface area (Å²) in [7, 11) is 0. The van der Waals surface area contributed by atoms with Crippen molar-refractivity contribution in [1.29, 1.82) is 0 Å². The van der Waals surface area contributed by atoms with Gasteiger partial charge in [0.15, 0.2) is 5.82 Å². The first-order chi connectivity index (χ1) is 12.1. The largest absolute Gasteiger partial charge is 0.465 e. The van der Waals surface area contributed by atoms with Crippen LogP contribution >= 0.6 is 0 Å². The lowest BCUT2D eigenvalue weighted by molar-refractivity contribution is -0.140. The van der Waals surface area contributed by atoms with E-state index in [1.54, 1.807) is 4.90 Å². The Hall–Kier alpha value is -2.12. The molecule has 2 rings (SSSR count). The zero-order valence-electron chi connectivity index (χ0n) is 16.7. The number of amides is 2. The quantitative estimate of drug-likeness (QED) is 0.865. The molecule has 1 atom stereocenters. The summed E-state index contributed by atoms with van der Waals surface area (Å²) in [6.45, 7) is 13.1. The van der Waals surface area contributed by atoms with Crippen molar-refractivity contribution < 1.29 is 14.7 Å².